The van der Waals surface area contributed by atoms with E-state index < -0.39 is 0 Å². The molecule has 0 bridgehead atoms. The van der Waals surface area contributed by atoms with Crippen molar-refractivity contribution in [2.75, 3.05) is 0 Å². The number of rotatable bonds is 0. The molecule has 0 aliphatic heterocycles. The van der Waals surface area contributed by atoms with Gasteiger partial charge in [0.15, 0.2) is 10.3 Å². The summed E-state index contributed by atoms with van der Waals surface area (Å²) < 4.78 is 0. The van der Waals surface area contributed by atoms with Gasteiger partial charge in [0, 0.05) is 5.41 Å². The van der Waals surface area contributed by atoms with Crippen molar-refractivity contribution in [2.45, 2.75) is 26.2 Å². The Labute approximate surface area is 81.9 Å². The van der Waals surface area contributed by atoms with Crippen LogP contribution in [0, 0.1) is 0 Å². The molecular weight excluding hydrogens is 195 g/mol. The van der Waals surface area contributed by atoms with Gasteiger partial charge in [-0.1, -0.05) is 44.0 Å². The average molecular weight is 205 g/mol. The monoisotopic (exact) mass is 204 g/mol. The molecule has 0 amide bonds. The van der Waals surface area contributed by atoms with Crippen LogP contribution in [-0.4, -0.2) is 9.97 Å². The number of halogens is 2. The van der Waals surface area contributed by atoms with Crippen molar-refractivity contribution in [1.82, 2.24) is 9.97 Å². The highest BCUT2D eigenvalue weighted by Crippen LogP contribution is 2.23. The topological polar surface area (TPSA) is 25.8 Å². The Bertz CT molecular complexity index is 292. The fourth-order valence-corrected chi connectivity index (χ4v) is 0.944. The van der Waals surface area contributed by atoms with Crippen LogP contribution in [-0.2, 0) is 5.41 Å². The van der Waals surface area contributed by atoms with Gasteiger partial charge in [0.1, 0.15) is 0 Å². The molecule has 1 heterocycles. The molecule has 0 saturated heterocycles. The van der Waals surface area contributed by atoms with Crippen molar-refractivity contribution in [1.29, 1.82) is 0 Å². The zero-order chi connectivity index (χ0) is 9.35. The Morgan fingerprint density at radius 3 is 2.17 bits per heavy atom. The fourth-order valence-electron chi connectivity index (χ4n) is 0.713. The zero-order valence-corrected chi connectivity index (χ0v) is 8.74. The van der Waals surface area contributed by atoms with Crippen molar-refractivity contribution < 1.29 is 0 Å². The molecule has 0 unspecified atom stereocenters. The van der Waals surface area contributed by atoms with Crippen LogP contribution in [0.2, 0.25) is 10.3 Å². The number of nitrogens with zero attached hydrogens (tertiary/aromatic N) is 2. The summed E-state index contributed by atoms with van der Waals surface area (Å²) in [6.45, 7) is 6.13. The first-order valence-electron chi connectivity index (χ1n) is 3.60. The van der Waals surface area contributed by atoms with Gasteiger partial charge in [-0.25, -0.2) is 9.97 Å². The molecule has 0 aliphatic carbocycles. The lowest BCUT2D eigenvalue weighted by Gasteiger charge is -2.16. The smallest absolute Gasteiger partial charge is 0.166 e. The second kappa shape index (κ2) is 3.19. The summed E-state index contributed by atoms with van der Waals surface area (Å²) in [4.78, 5) is 8.03. The summed E-state index contributed by atoms with van der Waals surface area (Å²) in [6, 6.07) is 0. The van der Waals surface area contributed by atoms with Gasteiger partial charge in [-0.3, -0.25) is 0 Å². The molecule has 0 aliphatic rings. The summed E-state index contributed by atoms with van der Waals surface area (Å²) >= 11 is 11.3. The molecule has 0 saturated carbocycles. The molecule has 1 rings (SSSR count). The second-order valence-electron chi connectivity index (χ2n) is 3.59. The Morgan fingerprint density at radius 1 is 1.17 bits per heavy atom. The van der Waals surface area contributed by atoms with Crippen molar-refractivity contribution >= 4 is 23.2 Å². The molecule has 4 heteroatoms. The summed E-state index contributed by atoms with van der Waals surface area (Å²) in [5.74, 6) is 0. The van der Waals surface area contributed by atoms with Gasteiger partial charge in [-0.05, 0) is 0 Å². The largest absolute Gasteiger partial charge is 0.239 e. The minimum Gasteiger partial charge on any atom is -0.239 e. The number of aromatic nitrogens is 2. The number of hydrogen-bond donors (Lipinski definition) is 0. The molecular formula is C8H10Cl2N2. The van der Waals surface area contributed by atoms with E-state index >= 15 is 0 Å². The van der Waals surface area contributed by atoms with Crippen LogP contribution < -0.4 is 0 Å². The second-order valence-corrected chi connectivity index (χ2v) is 4.30. The van der Waals surface area contributed by atoms with Gasteiger partial charge in [0.25, 0.3) is 0 Å². The van der Waals surface area contributed by atoms with Crippen LogP contribution in [0.5, 0.6) is 0 Å². The Balaban J connectivity index is 3.14. The van der Waals surface area contributed by atoms with Crippen LogP contribution in [0.15, 0.2) is 6.20 Å². The van der Waals surface area contributed by atoms with E-state index in [2.05, 4.69) is 9.97 Å². The molecule has 66 valence electrons. The quantitative estimate of drug-likeness (QED) is 0.650. The molecule has 1 aromatic heterocycles. The lowest BCUT2D eigenvalue weighted by atomic mass is 9.93. The molecule has 1 aromatic rings. The minimum absolute atomic E-state index is 0.0404. The van der Waals surface area contributed by atoms with E-state index in [9.17, 15) is 0 Å². The minimum atomic E-state index is -0.0404. The van der Waals surface area contributed by atoms with E-state index in [0.717, 1.165) is 5.69 Å². The number of hydrogen-bond acceptors (Lipinski definition) is 2. The van der Waals surface area contributed by atoms with Gasteiger partial charge >= 0.3 is 0 Å². The third-order valence-electron chi connectivity index (χ3n) is 1.46. The van der Waals surface area contributed by atoms with Crippen LogP contribution >= 0.6 is 23.2 Å². The zero-order valence-electron chi connectivity index (χ0n) is 7.23. The van der Waals surface area contributed by atoms with E-state index in [1.807, 2.05) is 20.8 Å². The highest BCUT2D eigenvalue weighted by atomic mass is 35.5. The van der Waals surface area contributed by atoms with Crippen LogP contribution in [0.4, 0.5) is 0 Å². The first-order chi connectivity index (χ1) is 5.41. The van der Waals surface area contributed by atoms with Gasteiger partial charge in [0.2, 0.25) is 0 Å². The van der Waals surface area contributed by atoms with E-state index in [0.29, 0.717) is 0 Å². The summed E-state index contributed by atoms with van der Waals surface area (Å²) in [6.07, 6.45) is 1.65. The molecule has 0 radical (unpaired) electrons. The summed E-state index contributed by atoms with van der Waals surface area (Å²) in [5, 5.41) is 0.522. The molecule has 2 nitrogen and oxygen atoms in total. The van der Waals surface area contributed by atoms with Gasteiger partial charge < -0.3 is 0 Å². The molecule has 0 atom stereocenters. The van der Waals surface area contributed by atoms with E-state index in [1.165, 1.54) is 0 Å². The summed E-state index contributed by atoms with van der Waals surface area (Å²) in [5.41, 5.74) is 0.804. The van der Waals surface area contributed by atoms with Crippen molar-refractivity contribution in [3.63, 3.8) is 0 Å². The maximum absolute atomic E-state index is 5.71. The van der Waals surface area contributed by atoms with Gasteiger partial charge in [0.05, 0.1) is 11.9 Å². The Kier molecular flexibility index (Phi) is 2.59. The van der Waals surface area contributed by atoms with Crippen LogP contribution in [0.25, 0.3) is 0 Å². The molecule has 0 fully saturated rings. The fraction of sp³-hybridized carbons (Fsp3) is 0.500. The van der Waals surface area contributed by atoms with Crippen LogP contribution in [0.3, 0.4) is 0 Å². The molecule has 0 N–H and O–H groups in total. The first-order valence-corrected chi connectivity index (χ1v) is 4.35. The van der Waals surface area contributed by atoms with Gasteiger partial charge in [-0.15, -0.1) is 0 Å². The lowest BCUT2D eigenvalue weighted by molar-refractivity contribution is 0.565. The predicted octanol–water partition coefficient (Wildman–Crippen LogP) is 3.08. The lowest BCUT2D eigenvalue weighted by Crippen LogP contribution is -2.13. The SMILES string of the molecule is CC(C)(C)c1cnc(Cl)c(Cl)n1. The highest BCUT2D eigenvalue weighted by molar-refractivity contribution is 6.40. The van der Waals surface area contributed by atoms with Crippen molar-refractivity contribution in [2.24, 2.45) is 0 Å². The summed E-state index contributed by atoms with van der Waals surface area (Å²) in [7, 11) is 0. The molecule has 12 heavy (non-hydrogen) atoms. The van der Waals surface area contributed by atoms with E-state index in [4.69, 9.17) is 23.2 Å². The highest BCUT2D eigenvalue weighted by Gasteiger charge is 2.16. The van der Waals surface area contributed by atoms with E-state index in [-0.39, 0.29) is 15.7 Å². The maximum atomic E-state index is 5.71. The van der Waals surface area contributed by atoms with E-state index in [1.54, 1.807) is 6.20 Å². The standard InChI is InChI=1S/C8H10Cl2N2/c1-8(2,3)5-4-11-6(9)7(10)12-5/h4H,1-3H3. The Morgan fingerprint density at radius 2 is 1.75 bits per heavy atom. The van der Waals surface area contributed by atoms with Crippen molar-refractivity contribution in [3.8, 4) is 0 Å². The normalized spacial score (nSPS) is 11.8. The maximum Gasteiger partial charge on any atom is 0.166 e. The third kappa shape index (κ3) is 2.08. The molecule has 0 spiro atoms. The molecule has 0 aromatic carbocycles. The Hall–Kier alpha value is -0.340. The third-order valence-corrected chi connectivity index (χ3v) is 2.09. The average Bonchev–Trinajstić information content (AvgIpc) is 1.92. The first kappa shape index (κ1) is 9.75. The van der Waals surface area contributed by atoms with Crippen molar-refractivity contribution in [3.05, 3.63) is 22.2 Å². The van der Waals surface area contributed by atoms with Crippen LogP contribution in [0.1, 0.15) is 26.5 Å². The predicted molar refractivity (Wildman–Crippen MR) is 50.8 cm³/mol. The van der Waals surface area contributed by atoms with Gasteiger partial charge in [-0.2, -0.15) is 0 Å².